The van der Waals surface area contributed by atoms with Gasteiger partial charge in [0, 0.05) is 30.5 Å². The zero-order chi connectivity index (χ0) is 23.6. The number of likely N-dealkylation sites (tertiary alicyclic amines) is 1. The van der Waals surface area contributed by atoms with Crippen molar-refractivity contribution < 1.29 is 22.4 Å². The number of nitrogens with zero attached hydrogens (tertiary/aromatic N) is 5. The summed E-state index contributed by atoms with van der Waals surface area (Å²) in [5, 5.41) is 8.06. The summed E-state index contributed by atoms with van der Waals surface area (Å²) in [6.07, 6.45) is 2.07. The fourth-order valence-electron chi connectivity index (χ4n) is 4.32. The maximum absolute atomic E-state index is 13.9. The molecule has 6 nitrogen and oxygen atoms in total. The van der Waals surface area contributed by atoms with Gasteiger partial charge in [0.05, 0.1) is 23.5 Å². The molecule has 10 heteroatoms. The summed E-state index contributed by atoms with van der Waals surface area (Å²) < 4.78 is 52.3. The lowest BCUT2D eigenvalue weighted by molar-refractivity contribution is -0.137. The number of rotatable bonds is 5. The Hall–Kier alpha value is -3.30. The second-order valence-electron chi connectivity index (χ2n) is 8.24. The lowest BCUT2D eigenvalue weighted by Gasteiger charge is -2.40. The highest BCUT2D eigenvalue weighted by molar-refractivity contribution is 5.98. The van der Waals surface area contributed by atoms with Gasteiger partial charge in [-0.1, -0.05) is 6.92 Å². The van der Waals surface area contributed by atoms with E-state index < -0.39 is 17.6 Å². The molecule has 1 saturated heterocycles. The Labute approximate surface area is 188 Å². The van der Waals surface area contributed by atoms with Gasteiger partial charge in [-0.25, -0.2) is 4.39 Å². The predicted molar refractivity (Wildman–Crippen MR) is 112 cm³/mol. The highest BCUT2D eigenvalue weighted by Gasteiger charge is 2.34. The number of aryl methyl sites for hydroxylation is 1. The van der Waals surface area contributed by atoms with Crippen LogP contribution in [0.4, 0.5) is 17.6 Å². The third kappa shape index (κ3) is 5.04. The zero-order valence-electron chi connectivity index (χ0n) is 18.0. The van der Waals surface area contributed by atoms with Gasteiger partial charge in [-0.2, -0.15) is 28.2 Å². The molecule has 33 heavy (non-hydrogen) atoms. The minimum atomic E-state index is -4.43. The SMILES string of the molecule is C[C@@H]1CCCN(C(=O)c2ccc(F)cc2-n2nccn2)[C@@H]1CCc1ccc(C(F)(F)F)cn1. The fourth-order valence-corrected chi connectivity index (χ4v) is 4.32. The molecule has 3 aromatic rings. The Morgan fingerprint density at radius 3 is 2.58 bits per heavy atom. The monoisotopic (exact) mass is 461 g/mol. The molecule has 0 unspecified atom stereocenters. The van der Waals surface area contributed by atoms with Crippen molar-refractivity contribution in [1.29, 1.82) is 0 Å². The summed E-state index contributed by atoms with van der Waals surface area (Å²) >= 11 is 0. The highest BCUT2D eigenvalue weighted by Crippen LogP contribution is 2.31. The number of benzene rings is 1. The molecule has 0 spiro atoms. The van der Waals surface area contributed by atoms with Crippen LogP contribution >= 0.6 is 0 Å². The van der Waals surface area contributed by atoms with Crippen LogP contribution in [-0.4, -0.2) is 43.4 Å². The van der Waals surface area contributed by atoms with Crippen molar-refractivity contribution in [3.8, 4) is 5.69 Å². The summed E-state index contributed by atoms with van der Waals surface area (Å²) in [6, 6.07) is 6.17. The maximum atomic E-state index is 13.9. The first kappa shape index (κ1) is 22.9. The standard InChI is InChI=1S/C23H23F4N5O/c1-15-3-2-12-31(20(15)9-7-18-6-4-16(14-28-18)23(25,26)27)22(33)19-8-5-17(24)13-21(19)32-29-10-11-30-32/h4-6,8,10-11,13-15,20H,2-3,7,9,12H2,1H3/t15-,20-/m1/s1. The molecule has 2 atom stereocenters. The van der Waals surface area contributed by atoms with E-state index in [-0.39, 0.29) is 23.6 Å². The summed E-state index contributed by atoms with van der Waals surface area (Å²) in [4.78, 5) is 20.5. The van der Waals surface area contributed by atoms with E-state index in [1.165, 1.54) is 41.5 Å². The number of hydrogen-bond acceptors (Lipinski definition) is 4. The first-order valence-electron chi connectivity index (χ1n) is 10.7. The molecule has 0 aliphatic carbocycles. The van der Waals surface area contributed by atoms with E-state index in [1.807, 2.05) is 0 Å². The number of alkyl halides is 3. The first-order chi connectivity index (χ1) is 15.7. The van der Waals surface area contributed by atoms with Crippen LogP contribution in [0.25, 0.3) is 5.69 Å². The first-order valence-corrected chi connectivity index (χ1v) is 10.7. The van der Waals surface area contributed by atoms with Crippen LogP contribution in [0.2, 0.25) is 0 Å². The second-order valence-corrected chi connectivity index (χ2v) is 8.24. The largest absolute Gasteiger partial charge is 0.417 e. The molecular weight excluding hydrogens is 438 g/mol. The molecule has 1 fully saturated rings. The molecule has 1 aliphatic heterocycles. The lowest BCUT2D eigenvalue weighted by atomic mass is 9.86. The molecule has 0 bridgehead atoms. The van der Waals surface area contributed by atoms with E-state index in [0.717, 1.165) is 25.1 Å². The van der Waals surface area contributed by atoms with Crippen molar-refractivity contribution in [2.24, 2.45) is 5.92 Å². The van der Waals surface area contributed by atoms with Crippen molar-refractivity contribution in [3.63, 3.8) is 0 Å². The quantitative estimate of drug-likeness (QED) is 0.517. The maximum Gasteiger partial charge on any atom is 0.417 e. The molecule has 2 aromatic heterocycles. The van der Waals surface area contributed by atoms with E-state index in [4.69, 9.17) is 0 Å². The molecule has 1 aromatic carbocycles. The molecule has 1 aliphatic rings. The zero-order valence-corrected chi connectivity index (χ0v) is 18.0. The van der Waals surface area contributed by atoms with Crippen LogP contribution < -0.4 is 0 Å². The Morgan fingerprint density at radius 2 is 1.91 bits per heavy atom. The molecule has 3 heterocycles. The number of hydrogen-bond donors (Lipinski definition) is 0. The van der Waals surface area contributed by atoms with Gasteiger partial charge in [-0.05, 0) is 55.9 Å². The molecule has 0 saturated carbocycles. The number of halogens is 4. The van der Waals surface area contributed by atoms with Gasteiger partial charge < -0.3 is 4.90 Å². The van der Waals surface area contributed by atoms with Gasteiger partial charge in [-0.15, -0.1) is 0 Å². The van der Waals surface area contributed by atoms with Crippen molar-refractivity contribution in [2.75, 3.05) is 6.54 Å². The van der Waals surface area contributed by atoms with Crippen molar-refractivity contribution in [2.45, 2.75) is 44.8 Å². The van der Waals surface area contributed by atoms with Crippen molar-refractivity contribution in [1.82, 2.24) is 24.9 Å². The molecule has 174 valence electrons. The van der Waals surface area contributed by atoms with Crippen molar-refractivity contribution >= 4 is 5.91 Å². The average molecular weight is 461 g/mol. The van der Waals surface area contributed by atoms with Crippen LogP contribution in [-0.2, 0) is 12.6 Å². The molecule has 1 amide bonds. The normalized spacial score (nSPS) is 19.0. The molecule has 4 rings (SSSR count). The number of carbonyl (C=O) groups is 1. The molecule has 0 radical (unpaired) electrons. The van der Waals surface area contributed by atoms with E-state index >= 15 is 0 Å². The molecule has 0 N–H and O–H groups in total. The van der Waals surface area contributed by atoms with Crippen LogP contribution in [0.3, 0.4) is 0 Å². The Morgan fingerprint density at radius 1 is 1.15 bits per heavy atom. The van der Waals surface area contributed by atoms with Gasteiger partial charge in [0.1, 0.15) is 11.5 Å². The topological polar surface area (TPSA) is 63.9 Å². The number of aromatic nitrogens is 4. The number of carbonyl (C=O) groups excluding carboxylic acids is 1. The van der Waals surface area contributed by atoms with E-state index in [2.05, 4.69) is 22.1 Å². The van der Waals surface area contributed by atoms with Crippen LogP contribution in [0, 0.1) is 11.7 Å². The number of pyridine rings is 1. The Bertz CT molecular complexity index is 1100. The van der Waals surface area contributed by atoms with E-state index in [1.54, 1.807) is 4.90 Å². The Kier molecular flexibility index (Phi) is 6.44. The van der Waals surface area contributed by atoms with Gasteiger partial charge in [0.15, 0.2) is 0 Å². The van der Waals surface area contributed by atoms with Gasteiger partial charge in [-0.3, -0.25) is 9.78 Å². The highest BCUT2D eigenvalue weighted by atomic mass is 19.4. The Balaban J connectivity index is 1.55. The predicted octanol–water partition coefficient (Wildman–Crippen LogP) is 4.69. The van der Waals surface area contributed by atoms with E-state index in [9.17, 15) is 22.4 Å². The average Bonchev–Trinajstić information content (AvgIpc) is 3.32. The summed E-state index contributed by atoms with van der Waals surface area (Å²) in [6.45, 7) is 2.60. The summed E-state index contributed by atoms with van der Waals surface area (Å²) in [5.41, 5.74) is 0.298. The second kappa shape index (κ2) is 9.29. The van der Waals surface area contributed by atoms with Gasteiger partial charge in [0.25, 0.3) is 5.91 Å². The minimum Gasteiger partial charge on any atom is -0.335 e. The smallest absolute Gasteiger partial charge is 0.335 e. The molecular formula is C23H23F4N5O. The fraction of sp³-hybridized carbons (Fsp3) is 0.391. The third-order valence-corrected chi connectivity index (χ3v) is 6.05. The number of amides is 1. The van der Waals surface area contributed by atoms with Crippen LogP contribution in [0.1, 0.15) is 47.8 Å². The van der Waals surface area contributed by atoms with Gasteiger partial charge in [0.2, 0.25) is 0 Å². The lowest BCUT2D eigenvalue weighted by Crippen LogP contribution is -2.48. The number of piperidine rings is 1. The van der Waals surface area contributed by atoms with Gasteiger partial charge >= 0.3 is 6.18 Å². The van der Waals surface area contributed by atoms with Crippen molar-refractivity contribution in [3.05, 3.63) is 71.6 Å². The minimum absolute atomic E-state index is 0.126. The van der Waals surface area contributed by atoms with Crippen LogP contribution in [0.15, 0.2) is 48.9 Å². The van der Waals surface area contributed by atoms with Crippen LogP contribution in [0.5, 0.6) is 0 Å². The van der Waals surface area contributed by atoms with E-state index in [0.29, 0.717) is 30.6 Å². The third-order valence-electron chi connectivity index (χ3n) is 6.05. The summed E-state index contributed by atoms with van der Waals surface area (Å²) in [5.74, 6) is -0.557. The summed E-state index contributed by atoms with van der Waals surface area (Å²) in [7, 11) is 0.